The highest BCUT2D eigenvalue weighted by molar-refractivity contribution is 7.11. The minimum absolute atomic E-state index is 0.581. The minimum atomic E-state index is 0.581. The first-order valence-corrected chi connectivity index (χ1v) is 7.32. The molecule has 1 aromatic carbocycles. The summed E-state index contributed by atoms with van der Waals surface area (Å²) in [6, 6.07) is 8.76. The van der Waals surface area contributed by atoms with Gasteiger partial charge in [-0.3, -0.25) is 0 Å². The molecule has 0 amide bonds. The summed E-state index contributed by atoms with van der Waals surface area (Å²) in [6.45, 7) is 2.82. The Balaban J connectivity index is 1.84. The van der Waals surface area contributed by atoms with Gasteiger partial charge in [0.1, 0.15) is 0 Å². The van der Waals surface area contributed by atoms with E-state index in [1.54, 1.807) is 0 Å². The average molecular weight is 258 g/mol. The molecular formula is C15H18N2S. The van der Waals surface area contributed by atoms with Crippen molar-refractivity contribution in [2.75, 3.05) is 6.54 Å². The van der Waals surface area contributed by atoms with Crippen LogP contribution in [0.3, 0.4) is 0 Å². The summed E-state index contributed by atoms with van der Waals surface area (Å²) in [4.78, 5) is 6.12. The lowest BCUT2D eigenvalue weighted by atomic mass is 10.1. The van der Waals surface area contributed by atoms with E-state index in [0.717, 1.165) is 19.3 Å². The number of nitrogens with zero attached hydrogens (tertiary/aromatic N) is 1. The Morgan fingerprint density at radius 2 is 1.94 bits per heavy atom. The van der Waals surface area contributed by atoms with E-state index in [-0.39, 0.29) is 0 Å². The van der Waals surface area contributed by atoms with E-state index in [0.29, 0.717) is 12.5 Å². The predicted molar refractivity (Wildman–Crippen MR) is 76.2 cm³/mol. The second-order valence-electron chi connectivity index (χ2n) is 4.97. The average Bonchev–Trinajstić information content (AvgIpc) is 2.94. The topological polar surface area (TPSA) is 38.9 Å². The molecule has 18 heavy (non-hydrogen) atoms. The maximum Gasteiger partial charge on any atom is 0.0968 e. The smallest absolute Gasteiger partial charge is 0.0968 e. The molecule has 2 aromatic rings. The van der Waals surface area contributed by atoms with Crippen molar-refractivity contribution >= 4 is 11.3 Å². The summed E-state index contributed by atoms with van der Waals surface area (Å²) < 4.78 is 0. The van der Waals surface area contributed by atoms with Gasteiger partial charge < -0.3 is 5.73 Å². The van der Waals surface area contributed by atoms with Crippen LogP contribution in [0.2, 0.25) is 0 Å². The van der Waals surface area contributed by atoms with Crippen molar-refractivity contribution in [3.63, 3.8) is 0 Å². The molecule has 0 aliphatic heterocycles. The first-order valence-electron chi connectivity index (χ1n) is 6.51. The van der Waals surface area contributed by atoms with Gasteiger partial charge in [0.15, 0.2) is 0 Å². The molecule has 1 aliphatic carbocycles. The van der Waals surface area contributed by atoms with Crippen molar-refractivity contribution in [3.05, 3.63) is 51.0 Å². The SMILES string of the molecule is Cc1nc(C2Cc3ccccc3C2)sc1CCN. The fourth-order valence-corrected chi connectivity index (χ4v) is 3.90. The summed E-state index contributed by atoms with van der Waals surface area (Å²) in [7, 11) is 0. The summed E-state index contributed by atoms with van der Waals surface area (Å²) >= 11 is 1.86. The maximum absolute atomic E-state index is 5.64. The lowest BCUT2D eigenvalue weighted by Crippen LogP contribution is -2.01. The van der Waals surface area contributed by atoms with E-state index in [1.165, 1.54) is 26.7 Å². The number of hydrogen-bond donors (Lipinski definition) is 1. The fraction of sp³-hybridized carbons (Fsp3) is 0.400. The minimum Gasteiger partial charge on any atom is -0.330 e. The van der Waals surface area contributed by atoms with Gasteiger partial charge in [-0.1, -0.05) is 24.3 Å². The third-order valence-electron chi connectivity index (χ3n) is 3.68. The van der Waals surface area contributed by atoms with Crippen LogP contribution in [0.5, 0.6) is 0 Å². The van der Waals surface area contributed by atoms with Crippen molar-refractivity contribution in [1.82, 2.24) is 4.98 Å². The maximum atomic E-state index is 5.64. The molecule has 0 unspecified atom stereocenters. The number of benzene rings is 1. The second kappa shape index (κ2) is 4.82. The fourth-order valence-electron chi connectivity index (χ4n) is 2.72. The van der Waals surface area contributed by atoms with Gasteiger partial charge >= 0.3 is 0 Å². The van der Waals surface area contributed by atoms with Crippen LogP contribution in [-0.4, -0.2) is 11.5 Å². The zero-order chi connectivity index (χ0) is 12.5. The highest BCUT2D eigenvalue weighted by Gasteiger charge is 2.25. The molecule has 0 fully saturated rings. The third kappa shape index (κ3) is 2.08. The van der Waals surface area contributed by atoms with Crippen LogP contribution >= 0.6 is 11.3 Å². The molecule has 0 saturated carbocycles. The molecule has 3 heteroatoms. The first-order chi connectivity index (χ1) is 8.78. The molecule has 2 nitrogen and oxygen atoms in total. The van der Waals surface area contributed by atoms with E-state index >= 15 is 0 Å². The van der Waals surface area contributed by atoms with Crippen LogP contribution in [0.25, 0.3) is 0 Å². The van der Waals surface area contributed by atoms with Gasteiger partial charge in [-0.05, 0) is 43.9 Å². The molecule has 0 radical (unpaired) electrons. The van der Waals surface area contributed by atoms with Gasteiger partial charge in [0.25, 0.3) is 0 Å². The molecular weight excluding hydrogens is 240 g/mol. The number of rotatable bonds is 3. The zero-order valence-corrected chi connectivity index (χ0v) is 11.5. The molecule has 1 aliphatic rings. The molecule has 94 valence electrons. The summed E-state index contributed by atoms with van der Waals surface area (Å²) in [5, 5.41) is 1.30. The van der Waals surface area contributed by atoms with Crippen LogP contribution in [-0.2, 0) is 19.3 Å². The van der Waals surface area contributed by atoms with Crippen molar-refractivity contribution in [2.24, 2.45) is 5.73 Å². The lowest BCUT2D eigenvalue weighted by Gasteiger charge is -2.03. The largest absolute Gasteiger partial charge is 0.330 e. The predicted octanol–water partition coefficient (Wildman–Crippen LogP) is 2.84. The highest BCUT2D eigenvalue weighted by Crippen LogP contribution is 2.36. The van der Waals surface area contributed by atoms with E-state index in [4.69, 9.17) is 10.7 Å². The molecule has 0 saturated heterocycles. The lowest BCUT2D eigenvalue weighted by molar-refractivity contribution is 0.731. The number of aromatic nitrogens is 1. The molecule has 0 atom stereocenters. The zero-order valence-electron chi connectivity index (χ0n) is 10.6. The normalized spacial score (nSPS) is 15.0. The van der Waals surface area contributed by atoms with E-state index < -0.39 is 0 Å². The third-order valence-corrected chi connectivity index (χ3v) is 5.06. The number of thiazole rings is 1. The van der Waals surface area contributed by atoms with Crippen LogP contribution in [0.1, 0.15) is 32.6 Å². The van der Waals surface area contributed by atoms with Crippen molar-refractivity contribution in [3.8, 4) is 0 Å². The van der Waals surface area contributed by atoms with Crippen molar-refractivity contribution in [2.45, 2.75) is 32.1 Å². The Kier molecular flexibility index (Phi) is 3.18. The number of aryl methyl sites for hydroxylation is 1. The van der Waals surface area contributed by atoms with Gasteiger partial charge in [0, 0.05) is 10.8 Å². The van der Waals surface area contributed by atoms with Gasteiger partial charge in [0.2, 0.25) is 0 Å². The van der Waals surface area contributed by atoms with Crippen LogP contribution < -0.4 is 5.73 Å². The van der Waals surface area contributed by atoms with E-state index in [1.807, 2.05) is 11.3 Å². The van der Waals surface area contributed by atoms with Gasteiger partial charge in [-0.15, -0.1) is 11.3 Å². The Bertz CT molecular complexity index is 534. The quantitative estimate of drug-likeness (QED) is 0.919. The number of fused-ring (bicyclic) bond motifs is 1. The highest BCUT2D eigenvalue weighted by atomic mass is 32.1. The molecule has 1 aromatic heterocycles. The van der Waals surface area contributed by atoms with Crippen LogP contribution in [0.4, 0.5) is 0 Å². The Morgan fingerprint density at radius 3 is 2.56 bits per heavy atom. The summed E-state index contributed by atoms with van der Waals surface area (Å²) in [6.07, 6.45) is 3.25. The molecule has 3 rings (SSSR count). The Hall–Kier alpha value is -1.19. The van der Waals surface area contributed by atoms with Crippen molar-refractivity contribution < 1.29 is 0 Å². The Labute approximate surface area is 112 Å². The molecule has 2 N–H and O–H groups in total. The number of nitrogens with two attached hydrogens (primary N) is 1. The van der Waals surface area contributed by atoms with E-state index in [9.17, 15) is 0 Å². The molecule has 0 spiro atoms. The summed E-state index contributed by atoms with van der Waals surface area (Å²) in [5.74, 6) is 0.581. The second-order valence-corrected chi connectivity index (χ2v) is 6.09. The van der Waals surface area contributed by atoms with Gasteiger partial charge in [-0.2, -0.15) is 0 Å². The molecule has 0 bridgehead atoms. The van der Waals surface area contributed by atoms with Gasteiger partial charge in [0.05, 0.1) is 10.7 Å². The van der Waals surface area contributed by atoms with Gasteiger partial charge in [-0.25, -0.2) is 4.98 Å². The van der Waals surface area contributed by atoms with Crippen LogP contribution in [0, 0.1) is 6.92 Å². The van der Waals surface area contributed by atoms with Crippen LogP contribution in [0.15, 0.2) is 24.3 Å². The molecule has 1 heterocycles. The first kappa shape index (κ1) is 11.9. The standard InChI is InChI=1S/C15H18N2S/c1-10-14(6-7-16)18-15(17-10)13-8-11-4-2-3-5-12(11)9-13/h2-5,13H,6-9,16H2,1H3. The monoisotopic (exact) mass is 258 g/mol. The van der Waals surface area contributed by atoms with Crippen molar-refractivity contribution in [1.29, 1.82) is 0 Å². The Morgan fingerprint density at radius 1 is 1.28 bits per heavy atom. The summed E-state index contributed by atoms with van der Waals surface area (Å²) in [5.41, 5.74) is 9.81. The van der Waals surface area contributed by atoms with E-state index in [2.05, 4.69) is 31.2 Å². The number of hydrogen-bond acceptors (Lipinski definition) is 3.